The molecule has 0 aliphatic heterocycles. The molecule has 1 heterocycles. The first kappa shape index (κ1) is 11.4. The maximum Gasteiger partial charge on any atom is 0.137 e. The molecule has 1 fully saturated rings. The monoisotopic (exact) mass is 220 g/mol. The first-order valence-corrected chi connectivity index (χ1v) is 5.98. The molecule has 1 aromatic rings. The summed E-state index contributed by atoms with van der Waals surface area (Å²) >= 11 is 0. The highest BCUT2D eigenvalue weighted by Gasteiger charge is 2.28. The summed E-state index contributed by atoms with van der Waals surface area (Å²) in [7, 11) is 3.72. The highest BCUT2D eigenvalue weighted by atomic mass is 16.5. The Hall–Kier alpha value is -1.09. The fourth-order valence-electron chi connectivity index (χ4n) is 2.73. The van der Waals surface area contributed by atoms with Crippen LogP contribution in [0.3, 0.4) is 0 Å². The summed E-state index contributed by atoms with van der Waals surface area (Å²) < 4.78 is 5.23. The number of nitrogens with one attached hydrogen (secondary N) is 1. The number of rotatable bonds is 4. The molecule has 88 valence electrons. The van der Waals surface area contributed by atoms with Crippen LogP contribution in [0.1, 0.15) is 30.7 Å². The van der Waals surface area contributed by atoms with Crippen molar-refractivity contribution in [2.24, 2.45) is 5.92 Å². The Bertz CT molecular complexity index is 340. The summed E-state index contributed by atoms with van der Waals surface area (Å²) in [5, 5.41) is 3.29. The third kappa shape index (κ3) is 2.35. The van der Waals surface area contributed by atoms with Gasteiger partial charge in [0.05, 0.1) is 13.3 Å². The van der Waals surface area contributed by atoms with Crippen molar-refractivity contribution in [2.75, 3.05) is 20.7 Å². The molecule has 1 aliphatic rings. The van der Waals surface area contributed by atoms with E-state index >= 15 is 0 Å². The maximum atomic E-state index is 5.23. The van der Waals surface area contributed by atoms with Gasteiger partial charge in [0.2, 0.25) is 0 Å². The minimum absolute atomic E-state index is 0.648. The van der Waals surface area contributed by atoms with Gasteiger partial charge in [0.1, 0.15) is 5.75 Å². The molecular weight excluding hydrogens is 200 g/mol. The van der Waals surface area contributed by atoms with Crippen LogP contribution in [0, 0.1) is 5.92 Å². The Kier molecular flexibility index (Phi) is 3.78. The third-order valence-corrected chi connectivity index (χ3v) is 3.52. The number of aromatic nitrogens is 1. The van der Waals surface area contributed by atoms with Crippen LogP contribution in [0.2, 0.25) is 0 Å². The largest absolute Gasteiger partial charge is 0.495 e. The Morgan fingerprint density at radius 2 is 2.31 bits per heavy atom. The van der Waals surface area contributed by atoms with Crippen LogP contribution in [-0.2, 0) is 0 Å². The van der Waals surface area contributed by atoms with Gasteiger partial charge in [-0.15, -0.1) is 0 Å². The SMILES string of the molecule is CNCC1CCCC1c1cncc(OC)c1. The zero-order valence-electron chi connectivity index (χ0n) is 10.1. The van der Waals surface area contributed by atoms with Crippen molar-refractivity contribution >= 4 is 0 Å². The summed E-state index contributed by atoms with van der Waals surface area (Å²) in [6, 6.07) is 2.13. The van der Waals surface area contributed by atoms with Crippen molar-refractivity contribution in [3.63, 3.8) is 0 Å². The second kappa shape index (κ2) is 5.30. The highest BCUT2D eigenvalue weighted by molar-refractivity contribution is 5.27. The van der Waals surface area contributed by atoms with Gasteiger partial charge in [-0.25, -0.2) is 0 Å². The van der Waals surface area contributed by atoms with Crippen LogP contribution >= 0.6 is 0 Å². The van der Waals surface area contributed by atoms with Gasteiger partial charge in [0.15, 0.2) is 0 Å². The van der Waals surface area contributed by atoms with E-state index in [9.17, 15) is 0 Å². The normalized spacial score (nSPS) is 24.6. The first-order chi connectivity index (χ1) is 7.85. The van der Waals surface area contributed by atoms with Gasteiger partial charge in [-0.2, -0.15) is 0 Å². The number of nitrogens with zero attached hydrogens (tertiary/aromatic N) is 1. The number of hydrogen-bond donors (Lipinski definition) is 1. The van der Waals surface area contributed by atoms with Crippen molar-refractivity contribution in [3.05, 3.63) is 24.0 Å². The van der Waals surface area contributed by atoms with Gasteiger partial charge in [-0.05, 0) is 49.9 Å². The molecule has 0 aromatic carbocycles. The minimum atomic E-state index is 0.648. The van der Waals surface area contributed by atoms with Crippen LogP contribution < -0.4 is 10.1 Å². The number of hydrogen-bond acceptors (Lipinski definition) is 3. The van der Waals surface area contributed by atoms with E-state index in [0.717, 1.165) is 18.2 Å². The quantitative estimate of drug-likeness (QED) is 0.844. The summed E-state index contributed by atoms with van der Waals surface area (Å²) in [6.45, 7) is 1.10. The standard InChI is InChI=1S/C13H20N2O/c1-14-7-10-4-3-5-13(10)11-6-12(16-2)9-15-8-11/h6,8-10,13-14H,3-5,7H2,1-2H3. The molecule has 16 heavy (non-hydrogen) atoms. The molecule has 0 radical (unpaired) electrons. The van der Waals surface area contributed by atoms with E-state index in [1.54, 1.807) is 13.3 Å². The Morgan fingerprint density at radius 1 is 1.44 bits per heavy atom. The van der Waals surface area contributed by atoms with E-state index in [4.69, 9.17) is 4.74 Å². The summed E-state index contributed by atoms with van der Waals surface area (Å²) in [5.74, 6) is 2.27. The van der Waals surface area contributed by atoms with Gasteiger partial charge in [-0.3, -0.25) is 4.98 Å². The van der Waals surface area contributed by atoms with Gasteiger partial charge in [-0.1, -0.05) is 6.42 Å². The summed E-state index contributed by atoms with van der Waals surface area (Å²) in [6.07, 6.45) is 7.69. The number of ether oxygens (including phenoxy) is 1. The minimum Gasteiger partial charge on any atom is -0.495 e. The second-order valence-corrected chi connectivity index (χ2v) is 4.51. The molecular formula is C13H20N2O. The summed E-state index contributed by atoms with van der Waals surface area (Å²) in [5.41, 5.74) is 1.33. The van der Waals surface area contributed by atoms with Crippen molar-refractivity contribution in [3.8, 4) is 5.75 Å². The van der Waals surface area contributed by atoms with E-state index in [1.807, 2.05) is 13.2 Å². The molecule has 0 bridgehead atoms. The third-order valence-electron chi connectivity index (χ3n) is 3.52. The molecule has 2 unspecified atom stereocenters. The van der Waals surface area contributed by atoms with E-state index in [-0.39, 0.29) is 0 Å². The predicted octanol–water partition coefficient (Wildman–Crippen LogP) is 2.19. The average Bonchev–Trinajstić information content (AvgIpc) is 2.78. The van der Waals surface area contributed by atoms with Crippen LogP contribution in [-0.4, -0.2) is 25.7 Å². The average molecular weight is 220 g/mol. The first-order valence-electron chi connectivity index (χ1n) is 5.98. The zero-order valence-corrected chi connectivity index (χ0v) is 10.1. The van der Waals surface area contributed by atoms with Gasteiger partial charge >= 0.3 is 0 Å². The maximum absolute atomic E-state index is 5.23. The van der Waals surface area contributed by atoms with Crippen LogP contribution in [0.25, 0.3) is 0 Å². The molecule has 1 saturated carbocycles. The van der Waals surface area contributed by atoms with Gasteiger partial charge in [0.25, 0.3) is 0 Å². The lowest BCUT2D eigenvalue weighted by molar-refractivity contribution is 0.409. The van der Waals surface area contributed by atoms with Crippen molar-refractivity contribution in [2.45, 2.75) is 25.2 Å². The van der Waals surface area contributed by atoms with Crippen molar-refractivity contribution < 1.29 is 4.74 Å². The fraction of sp³-hybridized carbons (Fsp3) is 0.615. The van der Waals surface area contributed by atoms with Crippen molar-refractivity contribution in [1.82, 2.24) is 10.3 Å². The van der Waals surface area contributed by atoms with Crippen LogP contribution in [0.5, 0.6) is 5.75 Å². The number of methoxy groups -OCH3 is 1. The molecule has 1 aromatic heterocycles. The summed E-state index contributed by atoms with van der Waals surface area (Å²) in [4.78, 5) is 4.25. The molecule has 0 amide bonds. The molecule has 1 aliphatic carbocycles. The second-order valence-electron chi connectivity index (χ2n) is 4.51. The molecule has 2 atom stereocenters. The lowest BCUT2D eigenvalue weighted by atomic mass is 9.90. The van der Waals surface area contributed by atoms with Crippen LogP contribution in [0.4, 0.5) is 0 Å². The predicted molar refractivity (Wildman–Crippen MR) is 64.8 cm³/mol. The van der Waals surface area contributed by atoms with Crippen LogP contribution in [0.15, 0.2) is 18.5 Å². The zero-order chi connectivity index (χ0) is 11.4. The highest BCUT2D eigenvalue weighted by Crippen LogP contribution is 2.39. The molecule has 3 heteroatoms. The van der Waals surface area contributed by atoms with E-state index in [0.29, 0.717) is 5.92 Å². The topological polar surface area (TPSA) is 34.2 Å². The molecule has 2 rings (SSSR count). The Labute approximate surface area is 97.2 Å². The molecule has 3 nitrogen and oxygen atoms in total. The smallest absolute Gasteiger partial charge is 0.137 e. The molecule has 0 spiro atoms. The van der Waals surface area contributed by atoms with Gasteiger partial charge < -0.3 is 10.1 Å². The van der Waals surface area contributed by atoms with E-state index < -0.39 is 0 Å². The van der Waals surface area contributed by atoms with E-state index in [1.165, 1.54) is 24.8 Å². The fourth-order valence-corrected chi connectivity index (χ4v) is 2.73. The number of pyridine rings is 1. The lowest BCUT2D eigenvalue weighted by Gasteiger charge is -2.19. The Morgan fingerprint density at radius 3 is 3.06 bits per heavy atom. The lowest BCUT2D eigenvalue weighted by Crippen LogP contribution is -2.21. The van der Waals surface area contributed by atoms with Crippen molar-refractivity contribution in [1.29, 1.82) is 0 Å². The Balaban J connectivity index is 2.15. The molecule has 0 saturated heterocycles. The molecule has 1 N–H and O–H groups in total. The van der Waals surface area contributed by atoms with Gasteiger partial charge in [0, 0.05) is 6.20 Å². The van der Waals surface area contributed by atoms with E-state index in [2.05, 4.69) is 16.4 Å².